The van der Waals surface area contributed by atoms with Crippen LogP contribution < -0.4 is 0 Å². The normalized spacial score (nSPS) is 14.1. The average Bonchev–Trinajstić information content (AvgIpc) is 0.943. The molecule has 0 aliphatic carbocycles. The molecule has 0 fully saturated rings. The number of carbonyl (C=O) groups is 4. The Morgan fingerprint density at radius 2 is 0.486 bits per heavy atom. The number of aliphatic hydroxyl groups is 1. The van der Waals surface area contributed by atoms with Crippen molar-refractivity contribution in [3.63, 3.8) is 0 Å². The molecule has 0 amide bonds. The molecule has 6 atom stereocenters. The van der Waals surface area contributed by atoms with Gasteiger partial charge in [-0.1, -0.05) is 408 Å². The first-order valence-corrected chi connectivity index (χ1v) is 47.5. The highest BCUT2D eigenvalue weighted by molar-refractivity contribution is 7.47. The van der Waals surface area contributed by atoms with Crippen molar-refractivity contribution in [3.05, 3.63) is 0 Å². The molecular formula is C86H168O17P2. The zero-order valence-corrected chi connectivity index (χ0v) is 70.8. The fourth-order valence-corrected chi connectivity index (χ4v) is 15.0. The van der Waals surface area contributed by atoms with Gasteiger partial charge in [0.05, 0.1) is 26.4 Å². The Bertz CT molecular complexity index is 2010. The van der Waals surface area contributed by atoms with Crippen molar-refractivity contribution in [1.82, 2.24) is 0 Å². The van der Waals surface area contributed by atoms with E-state index < -0.39 is 97.5 Å². The molecule has 0 saturated heterocycles. The molecule has 3 N–H and O–H groups in total. The Morgan fingerprint density at radius 3 is 0.724 bits per heavy atom. The highest BCUT2D eigenvalue weighted by Gasteiger charge is 2.30. The summed E-state index contributed by atoms with van der Waals surface area (Å²) >= 11 is 0. The van der Waals surface area contributed by atoms with Gasteiger partial charge in [0.15, 0.2) is 12.2 Å². The fraction of sp³-hybridized carbons (Fsp3) is 0.953. The summed E-state index contributed by atoms with van der Waals surface area (Å²) in [5.74, 6) is -0.430. The van der Waals surface area contributed by atoms with Crippen LogP contribution in [-0.4, -0.2) is 96.7 Å². The van der Waals surface area contributed by atoms with Crippen molar-refractivity contribution < 1.29 is 80.2 Å². The summed E-state index contributed by atoms with van der Waals surface area (Å²) in [5, 5.41) is 10.7. The van der Waals surface area contributed by atoms with Gasteiger partial charge < -0.3 is 33.8 Å². The third-order valence-corrected chi connectivity index (χ3v) is 22.5. The van der Waals surface area contributed by atoms with Crippen LogP contribution in [0.15, 0.2) is 0 Å². The lowest BCUT2D eigenvalue weighted by Crippen LogP contribution is -2.30. The molecule has 624 valence electrons. The number of unbranched alkanes of at least 4 members (excludes halogenated alkanes) is 54. The van der Waals surface area contributed by atoms with Crippen LogP contribution in [0.25, 0.3) is 0 Å². The first kappa shape index (κ1) is 103. The van der Waals surface area contributed by atoms with Crippen LogP contribution in [0.1, 0.15) is 459 Å². The number of esters is 4. The van der Waals surface area contributed by atoms with E-state index in [9.17, 15) is 43.2 Å². The number of hydrogen-bond acceptors (Lipinski definition) is 15. The minimum Gasteiger partial charge on any atom is -0.462 e. The van der Waals surface area contributed by atoms with Gasteiger partial charge in [-0.3, -0.25) is 37.3 Å². The van der Waals surface area contributed by atoms with Crippen molar-refractivity contribution in [2.24, 2.45) is 11.8 Å². The molecule has 0 radical (unpaired) electrons. The summed E-state index contributed by atoms with van der Waals surface area (Å²) in [7, 11) is -9.93. The number of rotatable bonds is 85. The molecule has 17 nitrogen and oxygen atoms in total. The van der Waals surface area contributed by atoms with E-state index in [0.717, 1.165) is 102 Å². The zero-order chi connectivity index (χ0) is 77.1. The van der Waals surface area contributed by atoms with Crippen LogP contribution in [0.3, 0.4) is 0 Å². The van der Waals surface area contributed by atoms with Gasteiger partial charge in [0.2, 0.25) is 0 Å². The molecule has 3 unspecified atom stereocenters. The molecule has 0 bridgehead atoms. The molecular weight excluding hydrogens is 1370 g/mol. The lowest BCUT2D eigenvalue weighted by Gasteiger charge is -2.21. The van der Waals surface area contributed by atoms with Gasteiger partial charge >= 0.3 is 39.5 Å². The van der Waals surface area contributed by atoms with Gasteiger partial charge in [-0.25, -0.2) is 9.13 Å². The van der Waals surface area contributed by atoms with Crippen molar-refractivity contribution in [2.75, 3.05) is 39.6 Å². The fourth-order valence-electron chi connectivity index (χ4n) is 13.4. The molecule has 0 aliphatic rings. The molecule has 0 aliphatic heterocycles. The van der Waals surface area contributed by atoms with Crippen LogP contribution in [0.5, 0.6) is 0 Å². The standard InChI is InChI=1S/C86H168O17P2/c1-7-10-12-14-16-18-20-21-26-34-40-46-52-58-64-70-85(90)102-81(74-96-83(88)68-62-56-50-44-36-19-17-15-13-11-8-2)76-100-104(92,93)98-72-80(87)73-99-105(94,95)101-77-82(75-97-84(89)69-63-57-51-45-39-33-30-29-31-37-42-48-54-60-66-78(4)5)103-86(91)71-65-59-53-47-41-35-28-25-23-22-24-27-32-38-43-49-55-61-67-79(6)9-3/h78-82,87H,7-77H2,1-6H3,(H,92,93)(H,94,95)/t79?,80-,81+,82+/m0/s1. The Labute approximate surface area is 645 Å². The maximum Gasteiger partial charge on any atom is 0.472 e. The minimum atomic E-state index is -4.97. The second-order valence-electron chi connectivity index (χ2n) is 31.6. The maximum atomic E-state index is 13.1. The van der Waals surface area contributed by atoms with E-state index in [1.54, 1.807) is 0 Å². The number of ether oxygens (including phenoxy) is 4. The third kappa shape index (κ3) is 78.5. The molecule has 0 saturated carbocycles. The smallest absolute Gasteiger partial charge is 0.462 e. The summed E-state index contributed by atoms with van der Waals surface area (Å²) in [6, 6.07) is 0. The van der Waals surface area contributed by atoms with Crippen LogP contribution in [0, 0.1) is 11.8 Å². The Balaban J connectivity index is 5.23. The van der Waals surface area contributed by atoms with Crippen LogP contribution >= 0.6 is 15.6 Å². The lowest BCUT2D eigenvalue weighted by molar-refractivity contribution is -0.161. The van der Waals surface area contributed by atoms with Crippen molar-refractivity contribution in [3.8, 4) is 0 Å². The van der Waals surface area contributed by atoms with E-state index in [-0.39, 0.29) is 25.7 Å². The van der Waals surface area contributed by atoms with Gasteiger partial charge in [0, 0.05) is 25.7 Å². The third-order valence-electron chi connectivity index (χ3n) is 20.6. The van der Waals surface area contributed by atoms with Crippen molar-refractivity contribution in [1.29, 1.82) is 0 Å². The van der Waals surface area contributed by atoms with E-state index in [0.29, 0.717) is 25.7 Å². The van der Waals surface area contributed by atoms with Gasteiger partial charge in [-0.15, -0.1) is 0 Å². The summed E-state index contributed by atoms with van der Waals surface area (Å²) in [4.78, 5) is 73.2. The van der Waals surface area contributed by atoms with Crippen LogP contribution in [0.2, 0.25) is 0 Å². The maximum absolute atomic E-state index is 13.1. The second-order valence-corrected chi connectivity index (χ2v) is 34.6. The van der Waals surface area contributed by atoms with E-state index in [2.05, 4.69) is 41.5 Å². The number of carbonyl (C=O) groups excluding carboxylic acids is 4. The van der Waals surface area contributed by atoms with Gasteiger partial charge in [-0.05, 0) is 37.5 Å². The minimum absolute atomic E-state index is 0.109. The first-order valence-electron chi connectivity index (χ1n) is 44.5. The average molecular weight is 1540 g/mol. The molecule has 0 spiro atoms. The molecule has 0 aromatic rings. The summed E-state index contributed by atoms with van der Waals surface area (Å²) in [6.45, 7) is 9.76. The number of hydrogen-bond donors (Lipinski definition) is 3. The highest BCUT2D eigenvalue weighted by Crippen LogP contribution is 2.45. The Hall–Kier alpha value is -1.94. The van der Waals surface area contributed by atoms with E-state index in [1.807, 2.05) is 0 Å². The number of aliphatic hydroxyl groups excluding tert-OH is 1. The highest BCUT2D eigenvalue weighted by atomic mass is 31.2. The Kier molecular flexibility index (Phi) is 76.0. The molecule has 105 heavy (non-hydrogen) atoms. The predicted molar refractivity (Wildman–Crippen MR) is 432 cm³/mol. The van der Waals surface area contributed by atoms with Crippen molar-refractivity contribution >= 4 is 39.5 Å². The summed E-state index contributed by atoms with van der Waals surface area (Å²) in [5.41, 5.74) is 0. The predicted octanol–water partition coefficient (Wildman–Crippen LogP) is 26.2. The second kappa shape index (κ2) is 77.4. The van der Waals surface area contributed by atoms with E-state index >= 15 is 0 Å². The zero-order valence-electron chi connectivity index (χ0n) is 69.0. The van der Waals surface area contributed by atoms with E-state index in [4.69, 9.17) is 37.0 Å². The summed E-state index contributed by atoms with van der Waals surface area (Å²) < 4.78 is 68.9. The van der Waals surface area contributed by atoms with E-state index in [1.165, 1.54) is 276 Å². The summed E-state index contributed by atoms with van der Waals surface area (Å²) in [6.07, 6.45) is 69.3. The quantitative estimate of drug-likeness (QED) is 0.0222. The first-order chi connectivity index (χ1) is 50.9. The van der Waals surface area contributed by atoms with Gasteiger partial charge in [-0.2, -0.15) is 0 Å². The molecule has 0 aromatic heterocycles. The number of phosphoric ester groups is 2. The molecule has 0 rings (SSSR count). The molecule has 0 heterocycles. The topological polar surface area (TPSA) is 237 Å². The van der Waals surface area contributed by atoms with Gasteiger partial charge in [0.25, 0.3) is 0 Å². The largest absolute Gasteiger partial charge is 0.472 e. The number of phosphoric acid groups is 2. The molecule has 0 aromatic carbocycles. The van der Waals surface area contributed by atoms with Crippen LogP contribution in [-0.2, 0) is 65.4 Å². The van der Waals surface area contributed by atoms with Crippen molar-refractivity contribution in [2.45, 2.75) is 477 Å². The molecule has 19 heteroatoms. The SMILES string of the molecule is CCCCCCCCCCCCCCCCCC(=O)O[C@H](COC(=O)CCCCCCCCCCCCC)COP(=O)(O)OC[C@H](O)COP(=O)(O)OC[C@@H](COC(=O)CCCCCCCCCCCCCCCCC(C)C)OC(=O)CCCCCCCCCCCCCCCCCCCCC(C)CC. The van der Waals surface area contributed by atoms with Gasteiger partial charge in [0.1, 0.15) is 19.3 Å². The lowest BCUT2D eigenvalue weighted by atomic mass is 9.99. The monoisotopic (exact) mass is 1540 g/mol. The van der Waals surface area contributed by atoms with Crippen LogP contribution in [0.4, 0.5) is 0 Å². The Morgan fingerprint density at radius 1 is 0.276 bits per heavy atom.